The summed E-state index contributed by atoms with van der Waals surface area (Å²) in [4.78, 5) is 0. The monoisotopic (exact) mass is 250 g/mol. The van der Waals surface area contributed by atoms with Crippen LogP contribution < -0.4 is 0 Å². The molecule has 0 aliphatic rings. The molecule has 1 heterocycles. The molecule has 0 spiro atoms. The molecule has 0 fully saturated rings. The molecule has 3 heteroatoms. The van der Waals surface area contributed by atoms with Crippen LogP contribution in [0.2, 0.25) is 0 Å². The summed E-state index contributed by atoms with van der Waals surface area (Å²) in [5.74, 6) is 0. The Hall–Kier alpha value is -0.0600. The summed E-state index contributed by atoms with van der Waals surface area (Å²) >= 11 is 2.30. The van der Waals surface area contributed by atoms with Gasteiger partial charge in [-0.15, -0.1) is 0 Å². The zero-order valence-corrected chi connectivity index (χ0v) is 8.58. The highest BCUT2D eigenvalue weighted by Crippen LogP contribution is 2.13. The standard InChI is InChI=1S/C7H11IN2/c1-5(2)10-6(3)7(8)4-9-10/h4-5H,1-3H3. The molecule has 0 unspecified atom stereocenters. The third-order valence-electron chi connectivity index (χ3n) is 1.47. The lowest BCUT2D eigenvalue weighted by molar-refractivity contribution is 0.519. The average molecular weight is 250 g/mol. The van der Waals surface area contributed by atoms with Gasteiger partial charge in [-0.25, -0.2) is 0 Å². The highest BCUT2D eigenvalue weighted by atomic mass is 127. The van der Waals surface area contributed by atoms with E-state index in [2.05, 4.69) is 48.5 Å². The van der Waals surface area contributed by atoms with Gasteiger partial charge in [0.2, 0.25) is 0 Å². The van der Waals surface area contributed by atoms with Gasteiger partial charge in [-0.05, 0) is 43.4 Å². The first-order chi connectivity index (χ1) is 4.63. The molecule has 1 rings (SSSR count). The normalized spacial score (nSPS) is 10.9. The Bertz CT molecular complexity index is 228. The van der Waals surface area contributed by atoms with Crippen molar-refractivity contribution in [3.63, 3.8) is 0 Å². The van der Waals surface area contributed by atoms with Gasteiger partial charge in [0.25, 0.3) is 0 Å². The summed E-state index contributed by atoms with van der Waals surface area (Å²) in [5.41, 5.74) is 1.26. The molecule has 0 radical (unpaired) electrons. The summed E-state index contributed by atoms with van der Waals surface area (Å²) < 4.78 is 3.27. The Morgan fingerprint density at radius 2 is 2.20 bits per heavy atom. The molecular formula is C7H11IN2. The topological polar surface area (TPSA) is 17.8 Å². The van der Waals surface area contributed by atoms with Gasteiger partial charge in [-0.3, -0.25) is 4.68 Å². The van der Waals surface area contributed by atoms with E-state index in [9.17, 15) is 0 Å². The molecule has 0 N–H and O–H groups in total. The van der Waals surface area contributed by atoms with E-state index in [0.29, 0.717) is 6.04 Å². The molecule has 0 saturated heterocycles. The molecule has 0 amide bonds. The van der Waals surface area contributed by atoms with Crippen molar-refractivity contribution in [3.8, 4) is 0 Å². The number of nitrogens with zero attached hydrogens (tertiary/aromatic N) is 2. The van der Waals surface area contributed by atoms with E-state index in [1.54, 1.807) is 0 Å². The van der Waals surface area contributed by atoms with Crippen molar-refractivity contribution < 1.29 is 0 Å². The SMILES string of the molecule is Cc1c(I)cnn1C(C)C. The summed E-state index contributed by atoms with van der Waals surface area (Å²) in [6, 6.07) is 0.475. The fourth-order valence-corrected chi connectivity index (χ4v) is 1.29. The summed E-state index contributed by atoms with van der Waals surface area (Å²) in [6.07, 6.45) is 1.90. The van der Waals surface area contributed by atoms with Gasteiger partial charge in [0.05, 0.1) is 9.77 Å². The Kier molecular flexibility index (Phi) is 2.33. The zero-order chi connectivity index (χ0) is 7.72. The summed E-state index contributed by atoms with van der Waals surface area (Å²) in [7, 11) is 0. The molecule has 2 nitrogen and oxygen atoms in total. The highest BCUT2D eigenvalue weighted by molar-refractivity contribution is 14.1. The van der Waals surface area contributed by atoms with Crippen molar-refractivity contribution in [2.45, 2.75) is 26.8 Å². The van der Waals surface area contributed by atoms with Gasteiger partial charge < -0.3 is 0 Å². The van der Waals surface area contributed by atoms with E-state index in [-0.39, 0.29) is 0 Å². The van der Waals surface area contributed by atoms with E-state index in [1.807, 2.05) is 10.9 Å². The van der Waals surface area contributed by atoms with Gasteiger partial charge in [0.1, 0.15) is 0 Å². The molecule has 10 heavy (non-hydrogen) atoms. The van der Waals surface area contributed by atoms with Crippen LogP contribution in [0.4, 0.5) is 0 Å². The van der Waals surface area contributed by atoms with Gasteiger partial charge >= 0.3 is 0 Å². The van der Waals surface area contributed by atoms with Crippen molar-refractivity contribution in [2.75, 3.05) is 0 Å². The number of hydrogen-bond donors (Lipinski definition) is 0. The van der Waals surface area contributed by atoms with Crippen LogP contribution in [-0.2, 0) is 0 Å². The third-order valence-corrected chi connectivity index (χ3v) is 2.53. The van der Waals surface area contributed by atoms with Gasteiger partial charge in [0, 0.05) is 11.7 Å². The van der Waals surface area contributed by atoms with Crippen LogP contribution in [-0.4, -0.2) is 9.78 Å². The minimum atomic E-state index is 0.475. The fourth-order valence-electron chi connectivity index (χ4n) is 0.923. The molecule has 0 aromatic carbocycles. The minimum Gasteiger partial charge on any atom is -0.266 e. The van der Waals surface area contributed by atoms with E-state index >= 15 is 0 Å². The van der Waals surface area contributed by atoms with Gasteiger partial charge in [0.15, 0.2) is 0 Å². The second-order valence-electron chi connectivity index (χ2n) is 2.62. The van der Waals surface area contributed by atoms with Crippen molar-refractivity contribution in [2.24, 2.45) is 0 Å². The van der Waals surface area contributed by atoms with Gasteiger partial charge in [-0.1, -0.05) is 0 Å². The van der Waals surface area contributed by atoms with Crippen LogP contribution in [0.1, 0.15) is 25.6 Å². The molecule has 0 saturated carbocycles. The minimum absolute atomic E-state index is 0.475. The maximum atomic E-state index is 4.22. The van der Waals surface area contributed by atoms with Crippen LogP contribution in [0.15, 0.2) is 6.20 Å². The summed E-state index contributed by atoms with van der Waals surface area (Å²) in [5, 5.41) is 4.22. The first-order valence-electron chi connectivity index (χ1n) is 3.32. The zero-order valence-electron chi connectivity index (χ0n) is 6.43. The molecule has 1 aromatic heterocycles. The molecule has 0 aliphatic heterocycles. The molecule has 0 atom stereocenters. The van der Waals surface area contributed by atoms with Crippen LogP contribution >= 0.6 is 22.6 Å². The van der Waals surface area contributed by atoms with Crippen LogP contribution in [0.3, 0.4) is 0 Å². The Morgan fingerprint density at radius 3 is 2.40 bits per heavy atom. The molecular weight excluding hydrogens is 239 g/mol. The maximum absolute atomic E-state index is 4.22. The second-order valence-corrected chi connectivity index (χ2v) is 3.78. The number of aromatic nitrogens is 2. The Morgan fingerprint density at radius 1 is 1.60 bits per heavy atom. The highest BCUT2D eigenvalue weighted by Gasteiger charge is 2.04. The first-order valence-corrected chi connectivity index (χ1v) is 4.40. The molecule has 56 valence electrons. The van der Waals surface area contributed by atoms with Crippen molar-refractivity contribution in [3.05, 3.63) is 15.5 Å². The van der Waals surface area contributed by atoms with Crippen LogP contribution in [0.25, 0.3) is 0 Å². The van der Waals surface area contributed by atoms with Gasteiger partial charge in [-0.2, -0.15) is 5.10 Å². The van der Waals surface area contributed by atoms with E-state index in [4.69, 9.17) is 0 Å². The lowest BCUT2D eigenvalue weighted by Crippen LogP contribution is -2.04. The predicted molar refractivity (Wildman–Crippen MR) is 50.1 cm³/mol. The van der Waals surface area contributed by atoms with E-state index < -0.39 is 0 Å². The number of halogens is 1. The fraction of sp³-hybridized carbons (Fsp3) is 0.571. The van der Waals surface area contributed by atoms with E-state index in [1.165, 1.54) is 9.26 Å². The average Bonchev–Trinajstić information content (AvgIpc) is 2.14. The largest absolute Gasteiger partial charge is 0.266 e. The second kappa shape index (κ2) is 2.90. The quantitative estimate of drug-likeness (QED) is 0.699. The molecule has 0 aliphatic carbocycles. The first kappa shape index (κ1) is 8.04. The lowest BCUT2D eigenvalue weighted by Gasteiger charge is -2.06. The predicted octanol–water partition coefficient (Wildman–Crippen LogP) is 2.38. The van der Waals surface area contributed by atoms with Crippen molar-refractivity contribution in [1.29, 1.82) is 0 Å². The van der Waals surface area contributed by atoms with Crippen molar-refractivity contribution in [1.82, 2.24) is 9.78 Å². The van der Waals surface area contributed by atoms with Crippen LogP contribution in [0, 0.1) is 10.5 Å². The summed E-state index contributed by atoms with van der Waals surface area (Å²) in [6.45, 7) is 6.36. The maximum Gasteiger partial charge on any atom is 0.0626 e. The molecule has 0 bridgehead atoms. The Labute approximate surface area is 74.8 Å². The number of rotatable bonds is 1. The lowest BCUT2D eigenvalue weighted by atomic mass is 10.4. The number of hydrogen-bond acceptors (Lipinski definition) is 1. The van der Waals surface area contributed by atoms with Crippen LogP contribution in [0.5, 0.6) is 0 Å². The van der Waals surface area contributed by atoms with E-state index in [0.717, 1.165) is 0 Å². The van der Waals surface area contributed by atoms with Crippen molar-refractivity contribution >= 4 is 22.6 Å². The molecule has 1 aromatic rings. The Balaban J connectivity index is 3.05. The smallest absolute Gasteiger partial charge is 0.0626 e. The third kappa shape index (κ3) is 1.33.